The second kappa shape index (κ2) is 13.7. The molecule has 0 aromatic heterocycles. The van der Waals surface area contributed by atoms with Gasteiger partial charge in [-0.2, -0.15) is 16.8 Å². The lowest BCUT2D eigenvalue weighted by atomic mass is 10.1. The highest BCUT2D eigenvalue weighted by Crippen LogP contribution is 2.48. The first kappa shape index (κ1) is 34.7. The molecule has 20 nitrogen and oxygen atoms in total. The predicted molar refractivity (Wildman–Crippen MR) is 160 cm³/mol. The number of hydrogen-bond donors (Lipinski definition) is 6. The van der Waals surface area contributed by atoms with Gasteiger partial charge in [0.1, 0.15) is 32.5 Å². The zero-order chi connectivity index (χ0) is 34.7. The number of nitrogens with one attached hydrogen (secondary N) is 1. The van der Waals surface area contributed by atoms with Crippen LogP contribution >= 0.6 is 12.0 Å². The van der Waals surface area contributed by atoms with Gasteiger partial charge in [-0.15, -0.1) is 24.8 Å². The number of nitro benzene ring substituents is 1. The van der Waals surface area contributed by atoms with E-state index in [1.165, 1.54) is 13.0 Å². The first-order valence-corrected chi connectivity index (χ1v) is 15.8. The second-order valence-electron chi connectivity index (χ2n) is 8.95. The lowest BCUT2D eigenvalue weighted by molar-refractivity contribution is -0.432. The number of non-ortho nitro benzene ring substituents is 1. The van der Waals surface area contributed by atoms with E-state index >= 15 is 0 Å². The molecule has 47 heavy (non-hydrogen) atoms. The third-order valence-electron chi connectivity index (χ3n) is 5.84. The van der Waals surface area contributed by atoms with Gasteiger partial charge in [0.25, 0.3) is 25.9 Å². The van der Waals surface area contributed by atoms with Crippen LogP contribution in [-0.4, -0.2) is 52.2 Å². The average molecular weight is 711 g/mol. The highest BCUT2D eigenvalue weighted by molar-refractivity contribution is 7.94. The largest absolute Gasteiger partial charge is 0.505 e. The number of benzene rings is 4. The van der Waals surface area contributed by atoms with Gasteiger partial charge in [0, 0.05) is 24.7 Å². The number of anilines is 1. The summed E-state index contributed by atoms with van der Waals surface area (Å²) < 4.78 is 71.9. The molecule has 0 fully saturated rings. The summed E-state index contributed by atoms with van der Waals surface area (Å²) in [6, 6.07) is 9.20. The molecule has 0 spiro atoms. The maximum atomic E-state index is 12.2. The molecule has 0 saturated heterocycles. The van der Waals surface area contributed by atoms with Crippen LogP contribution in [0.2, 0.25) is 0 Å². The number of aromatic hydroxyl groups is 2. The fraction of sp³-hybridized carbons (Fsp3) is 0.0417. The Labute approximate surface area is 266 Å². The van der Waals surface area contributed by atoms with Gasteiger partial charge in [-0.3, -0.25) is 24.0 Å². The topological polar surface area (TPSA) is 310 Å². The molecule has 246 valence electrons. The molecule has 0 aliphatic carbocycles. The van der Waals surface area contributed by atoms with E-state index in [0.717, 1.165) is 48.5 Å². The molecule has 0 aliphatic rings. The summed E-state index contributed by atoms with van der Waals surface area (Å²) in [5.41, 5.74) is -2.40. The van der Waals surface area contributed by atoms with Crippen LogP contribution in [0.3, 0.4) is 0 Å². The van der Waals surface area contributed by atoms with E-state index in [-0.39, 0.29) is 33.7 Å². The lowest BCUT2D eigenvalue weighted by Crippen LogP contribution is -2.06. The van der Waals surface area contributed by atoms with E-state index in [4.69, 9.17) is 5.26 Å². The number of phenolic OH excluding ortho intramolecular Hbond substituents is 2. The number of carbonyl (C=O) groups excluding carboxylic acids is 1. The number of hydrogen-bond acceptors (Lipinski definition) is 17. The van der Waals surface area contributed by atoms with E-state index in [1.54, 1.807) is 0 Å². The fourth-order valence-electron chi connectivity index (χ4n) is 3.91. The molecule has 0 bridgehead atoms. The van der Waals surface area contributed by atoms with Crippen molar-refractivity contribution < 1.29 is 60.5 Å². The van der Waals surface area contributed by atoms with E-state index in [0.29, 0.717) is 0 Å². The van der Waals surface area contributed by atoms with Gasteiger partial charge in [0.15, 0.2) is 11.5 Å². The number of nitrogens with zero attached hydrogens (tertiary/aromatic N) is 5. The van der Waals surface area contributed by atoms with Crippen LogP contribution < -0.4 is 5.32 Å². The minimum Gasteiger partial charge on any atom is -0.505 e. The molecule has 23 heteroatoms. The number of amides is 1. The molecule has 0 atom stereocenters. The highest BCUT2D eigenvalue weighted by atomic mass is 32.2. The van der Waals surface area contributed by atoms with Crippen molar-refractivity contribution in [1.82, 2.24) is 0 Å². The summed E-state index contributed by atoms with van der Waals surface area (Å²) >= 11 is 0.247. The third-order valence-corrected chi connectivity index (χ3v) is 8.24. The molecule has 0 aliphatic heterocycles. The van der Waals surface area contributed by atoms with Crippen LogP contribution in [0.5, 0.6) is 11.5 Å². The smallest absolute Gasteiger partial charge is 0.296 e. The SMILES string of the molecule is CC(=O)Nc1ccc(S(=O)(=O)O)c(/N=N/c2ccc3cc(S(=O)(=O)O)c(/N=N/c4ccc([N+](=O)[O-])cc4SOOO)c(O)c3c2O)c1. The summed E-state index contributed by atoms with van der Waals surface area (Å²) in [4.78, 5) is 19.9. The minimum absolute atomic E-state index is 0.0806. The summed E-state index contributed by atoms with van der Waals surface area (Å²) in [6.45, 7) is 1.18. The standard InChI is InChI=1S/C24H18N6O14S3/c1-11(31)25-13-3-7-19(46(37,38)39)17(9-13)28-27-16-5-2-12-8-20(47(40,41)42)22(24(33)21(12)23(16)32)29-26-15-6-4-14(30(34)35)10-18(15)45-44-43-36/h2-10,32-33,36H,1H3,(H,25,31)(H,37,38,39)(H,40,41,42)/b28-27+,29-26+. The van der Waals surface area contributed by atoms with E-state index < -0.39 is 80.5 Å². The van der Waals surface area contributed by atoms with Gasteiger partial charge in [0.2, 0.25) is 5.91 Å². The Morgan fingerprint density at radius 1 is 0.851 bits per heavy atom. The first-order chi connectivity index (χ1) is 22.0. The molecule has 4 aromatic rings. The molecule has 0 radical (unpaired) electrons. The van der Waals surface area contributed by atoms with Crippen LogP contribution in [0.4, 0.5) is 34.1 Å². The van der Waals surface area contributed by atoms with Crippen molar-refractivity contribution in [2.24, 2.45) is 20.5 Å². The molecule has 4 rings (SSSR count). The normalized spacial score (nSPS) is 12.3. The number of rotatable bonds is 11. The van der Waals surface area contributed by atoms with E-state index in [2.05, 4.69) is 35.1 Å². The molecule has 6 N–H and O–H groups in total. The van der Waals surface area contributed by atoms with Crippen molar-refractivity contribution in [3.05, 3.63) is 64.7 Å². The monoisotopic (exact) mass is 710 g/mol. The first-order valence-electron chi connectivity index (χ1n) is 12.2. The molecular weight excluding hydrogens is 692 g/mol. The summed E-state index contributed by atoms with van der Waals surface area (Å²) in [5.74, 6) is -2.40. The Hall–Kier alpha value is -5.14. The minimum atomic E-state index is -5.11. The molecule has 0 saturated carbocycles. The quantitative estimate of drug-likeness (QED) is 0.0265. The van der Waals surface area contributed by atoms with Gasteiger partial charge in [-0.1, -0.05) is 11.1 Å². The molecule has 0 heterocycles. The second-order valence-corrected chi connectivity index (χ2v) is 12.5. The summed E-state index contributed by atoms with van der Waals surface area (Å²) in [7, 11) is -9.95. The number of azo groups is 2. The third kappa shape index (κ3) is 7.99. The zero-order valence-electron chi connectivity index (χ0n) is 23.1. The zero-order valence-corrected chi connectivity index (χ0v) is 25.5. The van der Waals surface area contributed by atoms with Crippen molar-refractivity contribution in [2.75, 3.05) is 5.32 Å². The Balaban J connectivity index is 1.88. The highest BCUT2D eigenvalue weighted by Gasteiger charge is 2.25. The molecule has 4 aromatic carbocycles. The van der Waals surface area contributed by atoms with Crippen LogP contribution in [0.1, 0.15) is 6.92 Å². The Morgan fingerprint density at radius 3 is 2.11 bits per heavy atom. The van der Waals surface area contributed by atoms with Crippen LogP contribution in [0, 0.1) is 10.1 Å². The van der Waals surface area contributed by atoms with Gasteiger partial charge in [-0.25, -0.2) is 5.26 Å². The van der Waals surface area contributed by atoms with Gasteiger partial charge in [0.05, 0.1) is 27.2 Å². The Morgan fingerprint density at radius 2 is 1.49 bits per heavy atom. The van der Waals surface area contributed by atoms with Gasteiger partial charge >= 0.3 is 0 Å². The lowest BCUT2D eigenvalue weighted by Gasteiger charge is -2.11. The van der Waals surface area contributed by atoms with Crippen LogP contribution in [-0.2, 0) is 34.4 Å². The van der Waals surface area contributed by atoms with Crippen molar-refractivity contribution in [3.63, 3.8) is 0 Å². The Bertz CT molecular complexity index is 2210. The van der Waals surface area contributed by atoms with Crippen molar-refractivity contribution in [3.8, 4) is 11.5 Å². The summed E-state index contributed by atoms with van der Waals surface area (Å²) in [6.07, 6.45) is 0. The van der Waals surface area contributed by atoms with Crippen LogP contribution in [0.15, 0.2) is 89.7 Å². The Kier molecular flexibility index (Phi) is 10.1. The van der Waals surface area contributed by atoms with Crippen molar-refractivity contribution in [2.45, 2.75) is 21.6 Å². The van der Waals surface area contributed by atoms with Crippen LogP contribution in [0.25, 0.3) is 10.8 Å². The number of phenols is 2. The molecule has 1 amide bonds. The number of nitro groups is 1. The predicted octanol–water partition coefficient (Wildman–Crippen LogP) is 5.87. The summed E-state index contributed by atoms with van der Waals surface area (Å²) in [5, 5.41) is 61.8. The maximum absolute atomic E-state index is 12.2. The number of fused-ring (bicyclic) bond motifs is 1. The average Bonchev–Trinajstić information content (AvgIpc) is 2.97. The van der Waals surface area contributed by atoms with Gasteiger partial charge < -0.3 is 15.5 Å². The molecular formula is C24H18N6O14S3. The van der Waals surface area contributed by atoms with E-state index in [9.17, 15) is 51.1 Å². The maximum Gasteiger partial charge on any atom is 0.296 e. The van der Waals surface area contributed by atoms with Crippen molar-refractivity contribution >= 4 is 83.1 Å². The van der Waals surface area contributed by atoms with Gasteiger partial charge in [-0.05, 0) is 41.8 Å². The van der Waals surface area contributed by atoms with Crippen molar-refractivity contribution in [1.29, 1.82) is 0 Å². The number of carbonyl (C=O) groups is 1. The fourth-order valence-corrected chi connectivity index (χ4v) is 5.64. The van der Waals surface area contributed by atoms with E-state index in [1.807, 2.05) is 0 Å². The molecule has 0 unspecified atom stereocenters.